The summed E-state index contributed by atoms with van der Waals surface area (Å²) in [7, 11) is 0. The Morgan fingerprint density at radius 3 is 2.58 bits per heavy atom. The van der Waals surface area contributed by atoms with Gasteiger partial charge >= 0.3 is 0 Å². The highest BCUT2D eigenvalue weighted by atomic mass is 16.5. The van der Waals surface area contributed by atoms with E-state index in [0.29, 0.717) is 12.2 Å². The van der Waals surface area contributed by atoms with Gasteiger partial charge < -0.3 is 9.47 Å². The summed E-state index contributed by atoms with van der Waals surface area (Å²) >= 11 is 0. The van der Waals surface area contributed by atoms with Crippen LogP contribution in [0.2, 0.25) is 0 Å². The molecule has 70 valence electrons. The highest BCUT2D eigenvalue weighted by molar-refractivity contribution is 4.87. The summed E-state index contributed by atoms with van der Waals surface area (Å²) in [4.78, 5) is 0. The van der Waals surface area contributed by atoms with Crippen LogP contribution in [-0.4, -0.2) is 12.2 Å². The van der Waals surface area contributed by atoms with Crippen molar-refractivity contribution in [1.82, 2.24) is 0 Å². The smallest absolute Gasteiger partial charge is 0.128 e. The Labute approximate surface area is 74.6 Å². The summed E-state index contributed by atoms with van der Waals surface area (Å²) in [5.41, 5.74) is 0. The van der Waals surface area contributed by atoms with Gasteiger partial charge in [-0.2, -0.15) is 0 Å². The zero-order valence-corrected chi connectivity index (χ0v) is 8.17. The molecule has 0 aliphatic carbocycles. The fourth-order valence-electron chi connectivity index (χ4n) is 1.39. The molecule has 0 amide bonds. The van der Waals surface area contributed by atoms with E-state index in [9.17, 15) is 0 Å². The molecule has 12 heavy (non-hydrogen) atoms. The molecule has 0 bridgehead atoms. The van der Waals surface area contributed by atoms with E-state index >= 15 is 0 Å². The molecule has 0 fully saturated rings. The van der Waals surface area contributed by atoms with Crippen LogP contribution in [0.3, 0.4) is 0 Å². The van der Waals surface area contributed by atoms with Crippen molar-refractivity contribution in [2.45, 2.75) is 52.2 Å². The zero-order chi connectivity index (χ0) is 8.97. The Balaban J connectivity index is 2.54. The third-order valence-corrected chi connectivity index (χ3v) is 2.22. The van der Waals surface area contributed by atoms with E-state index in [0.717, 1.165) is 25.0 Å². The van der Waals surface area contributed by atoms with E-state index in [1.165, 1.54) is 0 Å². The Morgan fingerprint density at radius 1 is 1.33 bits per heavy atom. The molecule has 0 N–H and O–H groups in total. The Kier molecular flexibility index (Phi) is 3.45. The lowest BCUT2D eigenvalue weighted by Crippen LogP contribution is -2.17. The normalized spacial score (nSPS) is 29.8. The predicted octanol–water partition coefficient (Wildman–Crippen LogP) is 2.84. The second-order valence-corrected chi connectivity index (χ2v) is 3.28. The van der Waals surface area contributed by atoms with E-state index < -0.39 is 0 Å². The van der Waals surface area contributed by atoms with Gasteiger partial charge in [-0.25, -0.2) is 0 Å². The van der Waals surface area contributed by atoms with Crippen molar-refractivity contribution in [1.29, 1.82) is 0 Å². The van der Waals surface area contributed by atoms with Crippen LogP contribution >= 0.6 is 0 Å². The van der Waals surface area contributed by atoms with Crippen LogP contribution in [0.4, 0.5) is 0 Å². The fourth-order valence-corrected chi connectivity index (χ4v) is 1.39. The van der Waals surface area contributed by atoms with Gasteiger partial charge in [0.15, 0.2) is 0 Å². The van der Waals surface area contributed by atoms with Gasteiger partial charge in [-0.15, -0.1) is 0 Å². The Hall–Kier alpha value is -0.660. The molecule has 0 radical (unpaired) electrons. The third-order valence-electron chi connectivity index (χ3n) is 2.22. The van der Waals surface area contributed by atoms with Gasteiger partial charge in [0.1, 0.15) is 24.2 Å². The van der Waals surface area contributed by atoms with E-state index in [2.05, 4.69) is 13.8 Å². The molecule has 0 aromatic carbocycles. The van der Waals surface area contributed by atoms with Crippen LogP contribution in [0.25, 0.3) is 0 Å². The summed E-state index contributed by atoms with van der Waals surface area (Å²) in [6, 6.07) is 0. The lowest BCUT2D eigenvalue weighted by molar-refractivity contribution is 0.0780. The average molecular weight is 170 g/mol. The molecule has 1 heterocycles. The minimum Gasteiger partial charge on any atom is -0.494 e. The minimum absolute atomic E-state index is 0.340. The first-order valence-electron chi connectivity index (χ1n) is 4.75. The molecule has 0 saturated heterocycles. The summed E-state index contributed by atoms with van der Waals surface area (Å²) in [5.74, 6) is 0.901. The maximum Gasteiger partial charge on any atom is 0.128 e. The number of allylic oxidation sites excluding steroid dienone is 1. The number of rotatable bonds is 2. The van der Waals surface area contributed by atoms with Crippen LogP contribution in [0.1, 0.15) is 40.0 Å². The molecule has 1 aliphatic rings. The molecule has 2 heteroatoms. The highest BCUT2D eigenvalue weighted by Gasteiger charge is 2.18. The van der Waals surface area contributed by atoms with Crippen LogP contribution in [0.5, 0.6) is 0 Å². The second-order valence-electron chi connectivity index (χ2n) is 3.28. The van der Waals surface area contributed by atoms with E-state index in [-0.39, 0.29) is 0 Å². The van der Waals surface area contributed by atoms with E-state index in [1.54, 1.807) is 6.26 Å². The Bertz CT molecular complexity index is 163. The maximum absolute atomic E-state index is 5.63. The third kappa shape index (κ3) is 2.43. The topological polar surface area (TPSA) is 18.5 Å². The summed E-state index contributed by atoms with van der Waals surface area (Å²) in [5, 5.41) is 0. The molecule has 1 rings (SSSR count). The first kappa shape index (κ1) is 9.43. The molecular formula is C10H18O2. The maximum atomic E-state index is 5.63. The van der Waals surface area contributed by atoms with Crippen LogP contribution < -0.4 is 0 Å². The average Bonchev–Trinajstić information content (AvgIpc) is 2.26. The monoisotopic (exact) mass is 170 g/mol. The van der Waals surface area contributed by atoms with Gasteiger partial charge in [0.05, 0.1) is 0 Å². The molecule has 0 aromatic rings. The van der Waals surface area contributed by atoms with Crippen LogP contribution in [0.15, 0.2) is 12.0 Å². The lowest BCUT2D eigenvalue weighted by atomic mass is 10.1. The molecule has 0 saturated carbocycles. The number of hydrogen-bond acceptors (Lipinski definition) is 2. The predicted molar refractivity (Wildman–Crippen MR) is 48.7 cm³/mol. The first-order valence-corrected chi connectivity index (χ1v) is 4.75. The van der Waals surface area contributed by atoms with Crippen molar-refractivity contribution in [3.63, 3.8) is 0 Å². The molecule has 2 nitrogen and oxygen atoms in total. The van der Waals surface area contributed by atoms with Crippen molar-refractivity contribution in [3.05, 3.63) is 12.0 Å². The van der Waals surface area contributed by atoms with Crippen molar-refractivity contribution in [2.75, 3.05) is 0 Å². The van der Waals surface area contributed by atoms with Gasteiger partial charge in [0, 0.05) is 6.42 Å². The van der Waals surface area contributed by atoms with Gasteiger partial charge in [-0.3, -0.25) is 0 Å². The summed E-state index contributed by atoms with van der Waals surface area (Å²) < 4.78 is 11.1. The largest absolute Gasteiger partial charge is 0.494 e. The lowest BCUT2D eigenvalue weighted by Gasteiger charge is -2.17. The second kappa shape index (κ2) is 4.39. The number of hydrogen-bond donors (Lipinski definition) is 0. The Morgan fingerprint density at radius 2 is 2.00 bits per heavy atom. The fraction of sp³-hybridized carbons (Fsp3) is 0.800. The molecule has 1 aliphatic heterocycles. The SMILES string of the molecule is CCC1CC(CC)OC(C)=CO1. The molecule has 0 spiro atoms. The van der Waals surface area contributed by atoms with Crippen molar-refractivity contribution in [3.8, 4) is 0 Å². The van der Waals surface area contributed by atoms with E-state index in [1.807, 2.05) is 6.92 Å². The highest BCUT2D eigenvalue weighted by Crippen LogP contribution is 2.19. The summed E-state index contributed by atoms with van der Waals surface area (Å²) in [6.07, 6.45) is 5.56. The molecular weight excluding hydrogens is 152 g/mol. The van der Waals surface area contributed by atoms with Crippen molar-refractivity contribution in [2.24, 2.45) is 0 Å². The summed E-state index contributed by atoms with van der Waals surface area (Å²) in [6.45, 7) is 6.24. The van der Waals surface area contributed by atoms with Gasteiger partial charge in [0.2, 0.25) is 0 Å². The minimum atomic E-state index is 0.340. The van der Waals surface area contributed by atoms with Gasteiger partial charge in [0.25, 0.3) is 0 Å². The molecule has 0 aromatic heterocycles. The van der Waals surface area contributed by atoms with Crippen molar-refractivity contribution >= 4 is 0 Å². The quantitative estimate of drug-likeness (QED) is 0.634. The van der Waals surface area contributed by atoms with E-state index in [4.69, 9.17) is 9.47 Å². The standard InChI is InChI=1S/C10H18O2/c1-4-9-6-10(5-2)12-8(3)7-11-9/h7,9-10H,4-6H2,1-3H3. The van der Waals surface area contributed by atoms with Crippen molar-refractivity contribution < 1.29 is 9.47 Å². The van der Waals surface area contributed by atoms with Crippen LogP contribution in [0, 0.1) is 0 Å². The zero-order valence-electron chi connectivity index (χ0n) is 8.17. The van der Waals surface area contributed by atoms with Gasteiger partial charge in [-0.1, -0.05) is 13.8 Å². The van der Waals surface area contributed by atoms with Crippen LogP contribution in [-0.2, 0) is 9.47 Å². The number of ether oxygens (including phenoxy) is 2. The first-order chi connectivity index (χ1) is 5.76. The molecule has 2 unspecified atom stereocenters. The van der Waals surface area contributed by atoms with Gasteiger partial charge in [-0.05, 0) is 19.8 Å². The molecule has 2 atom stereocenters.